The van der Waals surface area contributed by atoms with E-state index >= 15 is 0 Å². The fourth-order valence-corrected chi connectivity index (χ4v) is 2.12. The smallest absolute Gasteiger partial charge is 0.224 e. The molecule has 1 heterocycles. The number of carbonyl (C=O) groups is 1. The van der Waals surface area contributed by atoms with E-state index in [-0.39, 0.29) is 31.8 Å². The molecular formula is C7H11N3O3S. The Morgan fingerprint density at radius 2 is 2.29 bits per heavy atom. The minimum atomic E-state index is -3.64. The third-order valence-corrected chi connectivity index (χ3v) is 3.38. The van der Waals surface area contributed by atoms with Gasteiger partial charge in [-0.25, -0.2) is 13.6 Å². The minimum Gasteiger partial charge on any atom is -0.340 e. The third-order valence-electron chi connectivity index (χ3n) is 2.14. The Kier molecular flexibility index (Phi) is 3.08. The summed E-state index contributed by atoms with van der Waals surface area (Å²) in [5.41, 5.74) is 0. The van der Waals surface area contributed by atoms with Crippen molar-refractivity contribution in [3.63, 3.8) is 0 Å². The average molecular weight is 217 g/mol. The average Bonchev–Trinajstić information content (AvgIpc) is 2.43. The number of nitrogens with zero attached hydrogens (tertiary/aromatic N) is 2. The highest BCUT2D eigenvalue weighted by Gasteiger charge is 2.35. The van der Waals surface area contributed by atoms with E-state index in [1.165, 1.54) is 4.90 Å². The van der Waals surface area contributed by atoms with Crippen molar-refractivity contribution in [1.82, 2.24) is 4.90 Å². The normalized spacial score (nSPS) is 22.4. The quantitative estimate of drug-likeness (QED) is 0.640. The molecule has 1 fully saturated rings. The molecule has 1 saturated heterocycles. The second-order valence-corrected chi connectivity index (χ2v) is 5.01. The van der Waals surface area contributed by atoms with Gasteiger partial charge in [0.05, 0.1) is 12.5 Å². The van der Waals surface area contributed by atoms with Gasteiger partial charge in [-0.1, -0.05) is 0 Å². The molecule has 1 amide bonds. The molecule has 1 aliphatic heterocycles. The number of amides is 1. The predicted molar refractivity (Wildman–Crippen MR) is 48.3 cm³/mol. The molecule has 0 aromatic carbocycles. The molecule has 1 unspecified atom stereocenters. The molecule has 0 aromatic rings. The van der Waals surface area contributed by atoms with E-state index in [0.717, 1.165) is 0 Å². The largest absolute Gasteiger partial charge is 0.340 e. The van der Waals surface area contributed by atoms with Crippen molar-refractivity contribution < 1.29 is 13.2 Å². The molecule has 0 radical (unpaired) electrons. The lowest BCUT2D eigenvalue weighted by Crippen LogP contribution is -2.32. The molecule has 2 N–H and O–H groups in total. The summed E-state index contributed by atoms with van der Waals surface area (Å²) in [7, 11) is -3.64. The van der Waals surface area contributed by atoms with E-state index in [0.29, 0.717) is 0 Å². The van der Waals surface area contributed by atoms with E-state index in [9.17, 15) is 13.2 Å². The Bertz CT molecular complexity index is 370. The van der Waals surface area contributed by atoms with Crippen LogP contribution in [0.4, 0.5) is 0 Å². The van der Waals surface area contributed by atoms with Crippen LogP contribution in [0.1, 0.15) is 12.8 Å². The lowest BCUT2D eigenvalue weighted by molar-refractivity contribution is -0.127. The van der Waals surface area contributed by atoms with Crippen LogP contribution in [-0.2, 0) is 14.8 Å². The summed E-state index contributed by atoms with van der Waals surface area (Å²) >= 11 is 0. The van der Waals surface area contributed by atoms with Crippen LogP contribution in [0.2, 0.25) is 0 Å². The number of hydrogen-bond acceptors (Lipinski definition) is 4. The molecule has 0 spiro atoms. The van der Waals surface area contributed by atoms with Gasteiger partial charge in [-0.2, -0.15) is 5.26 Å². The second kappa shape index (κ2) is 3.94. The molecule has 1 aliphatic rings. The van der Waals surface area contributed by atoms with Crippen LogP contribution in [0, 0.1) is 11.3 Å². The van der Waals surface area contributed by atoms with Gasteiger partial charge in [-0.3, -0.25) is 4.79 Å². The number of nitrogens with two attached hydrogens (primary N) is 1. The van der Waals surface area contributed by atoms with Gasteiger partial charge in [-0.05, 0) is 0 Å². The van der Waals surface area contributed by atoms with Crippen molar-refractivity contribution in [1.29, 1.82) is 5.26 Å². The molecule has 0 bridgehead atoms. The zero-order chi connectivity index (χ0) is 10.8. The maximum absolute atomic E-state index is 11.2. The second-order valence-electron chi connectivity index (χ2n) is 3.16. The number of primary sulfonamides is 1. The number of carbonyl (C=O) groups excluding carboxylic acids is 1. The third kappa shape index (κ3) is 2.43. The van der Waals surface area contributed by atoms with E-state index in [1.807, 2.05) is 6.07 Å². The Morgan fingerprint density at radius 1 is 1.64 bits per heavy atom. The first kappa shape index (κ1) is 10.9. The van der Waals surface area contributed by atoms with Gasteiger partial charge in [-0.15, -0.1) is 0 Å². The number of hydrogen-bond donors (Lipinski definition) is 1. The zero-order valence-corrected chi connectivity index (χ0v) is 8.33. The highest BCUT2D eigenvalue weighted by Crippen LogP contribution is 2.16. The molecular weight excluding hydrogens is 206 g/mol. The maximum atomic E-state index is 11.2. The summed E-state index contributed by atoms with van der Waals surface area (Å²) in [6, 6.07) is 1.89. The summed E-state index contributed by atoms with van der Waals surface area (Å²) in [6.45, 7) is 0.390. The van der Waals surface area contributed by atoms with Gasteiger partial charge >= 0.3 is 0 Å². The fraction of sp³-hybridized carbons (Fsp3) is 0.714. The molecule has 78 valence electrons. The number of likely N-dealkylation sites (tertiary alicyclic amines) is 1. The Hall–Kier alpha value is -1.13. The predicted octanol–water partition coefficient (Wildman–Crippen LogP) is -1.21. The van der Waals surface area contributed by atoms with Crippen molar-refractivity contribution >= 4 is 15.9 Å². The van der Waals surface area contributed by atoms with E-state index in [4.69, 9.17) is 10.4 Å². The van der Waals surface area contributed by atoms with Crippen LogP contribution in [0.5, 0.6) is 0 Å². The zero-order valence-electron chi connectivity index (χ0n) is 7.51. The fourth-order valence-electron chi connectivity index (χ4n) is 1.36. The first-order valence-corrected chi connectivity index (χ1v) is 5.72. The molecule has 7 heteroatoms. The topological polar surface area (TPSA) is 104 Å². The first-order valence-electron chi connectivity index (χ1n) is 4.11. The molecule has 1 atom stereocenters. The highest BCUT2D eigenvalue weighted by atomic mass is 32.2. The number of sulfonamides is 1. The molecule has 0 aromatic heterocycles. The highest BCUT2D eigenvalue weighted by molar-refractivity contribution is 7.89. The van der Waals surface area contributed by atoms with Gasteiger partial charge in [0.2, 0.25) is 15.9 Å². The van der Waals surface area contributed by atoms with E-state index in [2.05, 4.69) is 0 Å². The van der Waals surface area contributed by atoms with Crippen LogP contribution >= 0.6 is 0 Å². The first-order chi connectivity index (χ1) is 6.45. The molecule has 0 aliphatic carbocycles. The SMILES string of the molecule is N#CCCN1CC(S(N)(=O)=O)CC1=O. The molecule has 14 heavy (non-hydrogen) atoms. The summed E-state index contributed by atoms with van der Waals surface area (Å²) in [5.74, 6) is -0.251. The number of rotatable bonds is 3. The monoisotopic (exact) mass is 217 g/mol. The Balaban J connectivity index is 2.62. The standard InChI is InChI=1S/C7H11N3O3S/c8-2-1-3-10-5-6(4-7(10)11)14(9,12)13/h6H,1,3-5H2,(H2,9,12,13). The van der Waals surface area contributed by atoms with Gasteiger partial charge in [0.25, 0.3) is 0 Å². The van der Waals surface area contributed by atoms with E-state index in [1.54, 1.807) is 0 Å². The Morgan fingerprint density at radius 3 is 2.71 bits per heavy atom. The van der Waals surface area contributed by atoms with Crippen molar-refractivity contribution in [2.75, 3.05) is 13.1 Å². The van der Waals surface area contributed by atoms with Crippen molar-refractivity contribution in [2.45, 2.75) is 18.1 Å². The van der Waals surface area contributed by atoms with Crippen LogP contribution in [0.25, 0.3) is 0 Å². The van der Waals surface area contributed by atoms with Gasteiger partial charge in [0.1, 0.15) is 5.25 Å². The van der Waals surface area contributed by atoms with Crippen LogP contribution in [0.15, 0.2) is 0 Å². The Labute approximate surface area is 82.3 Å². The summed E-state index contributed by atoms with van der Waals surface area (Å²) in [6.07, 6.45) is 0.146. The van der Waals surface area contributed by atoms with Crippen molar-refractivity contribution in [3.05, 3.63) is 0 Å². The van der Waals surface area contributed by atoms with Crippen LogP contribution in [0.3, 0.4) is 0 Å². The van der Waals surface area contributed by atoms with Crippen LogP contribution in [-0.4, -0.2) is 37.6 Å². The summed E-state index contributed by atoms with van der Waals surface area (Å²) < 4.78 is 21.9. The van der Waals surface area contributed by atoms with Gasteiger partial charge < -0.3 is 4.90 Å². The van der Waals surface area contributed by atoms with Gasteiger partial charge in [0, 0.05) is 19.5 Å². The minimum absolute atomic E-state index is 0.0652. The lowest BCUT2D eigenvalue weighted by atomic mass is 10.4. The van der Waals surface area contributed by atoms with Gasteiger partial charge in [0.15, 0.2) is 0 Å². The maximum Gasteiger partial charge on any atom is 0.224 e. The summed E-state index contributed by atoms with van der Waals surface area (Å²) in [5, 5.41) is 12.4. The number of nitriles is 1. The summed E-state index contributed by atoms with van der Waals surface area (Å²) in [4.78, 5) is 12.6. The molecule has 6 nitrogen and oxygen atoms in total. The van der Waals surface area contributed by atoms with Crippen LogP contribution < -0.4 is 5.14 Å². The molecule has 0 saturated carbocycles. The lowest BCUT2D eigenvalue weighted by Gasteiger charge is -2.13. The van der Waals surface area contributed by atoms with Crippen molar-refractivity contribution in [2.24, 2.45) is 5.14 Å². The molecule has 1 rings (SSSR count). The van der Waals surface area contributed by atoms with E-state index < -0.39 is 15.3 Å². The van der Waals surface area contributed by atoms with Crippen molar-refractivity contribution in [3.8, 4) is 6.07 Å².